The molecule has 30 heavy (non-hydrogen) atoms. The molecule has 0 aromatic heterocycles. The second-order valence-corrected chi connectivity index (χ2v) is 7.39. The predicted octanol–water partition coefficient (Wildman–Crippen LogP) is 5.96. The summed E-state index contributed by atoms with van der Waals surface area (Å²) in [5.74, 6) is 0.516. The maximum absolute atomic E-state index is 12.7. The molecule has 3 aromatic rings. The minimum atomic E-state index is -0.0538. The molecule has 0 amide bonds. The van der Waals surface area contributed by atoms with Crippen molar-refractivity contribution in [3.8, 4) is 22.6 Å². The van der Waals surface area contributed by atoms with Crippen LogP contribution in [0.15, 0.2) is 82.0 Å². The molecule has 1 heterocycles. The standard InChI is InChI=1S/C26H22N2O2/c1-3-28(4-2)19-11-13-22-24(15-19)30-25-16-23(29)20-12-10-18(14-21(20)26(25)27-22)17-8-6-5-7-9-17/h5-16H,3-4H2,1-2H3. The summed E-state index contributed by atoms with van der Waals surface area (Å²) in [5.41, 5.74) is 5.37. The van der Waals surface area contributed by atoms with Crippen molar-refractivity contribution in [2.45, 2.75) is 13.8 Å². The summed E-state index contributed by atoms with van der Waals surface area (Å²) in [4.78, 5) is 19.9. The Balaban J connectivity index is 1.76. The van der Waals surface area contributed by atoms with Crippen molar-refractivity contribution in [2.24, 2.45) is 0 Å². The van der Waals surface area contributed by atoms with Crippen molar-refractivity contribution < 1.29 is 4.42 Å². The number of fused-ring (bicyclic) bond motifs is 4. The van der Waals surface area contributed by atoms with Crippen LogP contribution in [0.25, 0.3) is 44.5 Å². The molecule has 0 atom stereocenters. The number of nitrogens with zero attached hydrogens (tertiary/aromatic N) is 2. The van der Waals surface area contributed by atoms with E-state index in [0.717, 1.165) is 40.8 Å². The fourth-order valence-corrected chi connectivity index (χ4v) is 4.06. The maximum atomic E-state index is 12.7. The predicted molar refractivity (Wildman–Crippen MR) is 123 cm³/mol. The summed E-state index contributed by atoms with van der Waals surface area (Å²) in [6, 6.07) is 23.7. The number of hydrogen-bond donors (Lipinski definition) is 0. The van der Waals surface area contributed by atoms with Gasteiger partial charge in [0.2, 0.25) is 0 Å². The second-order valence-electron chi connectivity index (χ2n) is 7.39. The van der Waals surface area contributed by atoms with E-state index in [2.05, 4.69) is 36.9 Å². The van der Waals surface area contributed by atoms with E-state index in [9.17, 15) is 4.79 Å². The Kier molecular flexibility index (Phi) is 4.47. The van der Waals surface area contributed by atoms with Gasteiger partial charge in [0.25, 0.3) is 0 Å². The third-order valence-corrected chi connectivity index (χ3v) is 5.67. The lowest BCUT2D eigenvalue weighted by molar-refractivity contribution is 0.613. The molecule has 1 aliphatic carbocycles. The monoisotopic (exact) mass is 394 g/mol. The zero-order chi connectivity index (χ0) is 20.7. The van der Waals surface area contributed by atoms with E-state index >= 15 is 0 Å². The minimum Gasteiger partial charge on any atom is -0.453 e. The van der Waals surface area contributed by atoms with E-state index < -0.39 is 0 Å². The Morgan fingerprint density at radius 3 is 2.40 bits per heavy atom. The van der Waals surface area contributed by atoms with Gasteiger partial charge in [0, 0.05) is 41.7 Å². The SMILES string of the molecule is CCN(CC)c1ccc2nc3c4cc(-c5ccccc5)ccc4c(=O)cc-3oc2c1. The Hall–Kier alpha value is -3.66. The molecule has 2 aliphatic rings. The Morgan fingerprint density at radius 2 is 1.63 bits per heavy atom. The zero-order valence-electron chi connectivity index (χ0n) is 17.1. The van der Waals surface area contributed by atoms with Crippen LogP contribution in [0.5, 0.6) is 0 Å². The molecule has 4 heteroatoms. The fraction of sp³-hybridized carbons (Fsp3) is 0.154. The van der Waals surface area contributed by atoms with Crippen molar-refractivity contribution >= 4 is 27.6 Å². The van der Waals surface area contributed by atoms with Crippen molar-refractivity contribution in [1.82, 2.24) is 4.98 Å². The second kappa shape index (κ2) is 7.30. The van der Waals surface area contributed by atoms with E-state index in [4.69, 9.17) is 9.40 Å². The van der Waals surface area contributed by atoms with Crippen LogP contribution in [-0.2, 0) is 0 Å². The van der Waals surface area contributed by atoms with Gasteiger partial charge in [-0.2, -0.15) is 0 Å². The van der Waals surface area contributed by atoms with Gasteiger partial charge in [0.05, 0.1) is 0 Å². The molecule has 148 valence electrons. The van der Waals surface area contributed by atoms with Crippen LogP contribution in [0.3, 0.4) is 0 Å². The molecule has 1 aliphatic heterocycles. The topological polar surface area (TPSA) is 46.3 Å². The maximum Gasteiger partial charge on any atom is 0.190 e. The van der Waals surface area contributed by atoms with Crippen LogP contribution in [0, 0.1) is 0 Å². The van der Waals surface area contributed by atoms with Gasteiger partial charge in [-0.25, -0.2) is 4.98 Å². The van der Waals surface area contributed by atoms with Crippen LogP contribution in [0.2, 0.25) is 0 Å². The molecule has 0 unspecified atom stereocenters. The minimum absolute atomic E-state index is 0.0538. The molecule has 0 fully saturated rings. The van der Waals surface area contributed by atoms with E-state index in [1.165, 1.54) is 0 Å². The fourth-order valence-electron chi connectivity index (χ4n) is 4.06. The average Bonchev–Trinajstić information content (AvgIpc) is 2.79. The summed E-state index contributed by atoms with van der Waals surface area (Å²) in [6.07, 6.45) is 0. The summed E-state index contributed by atoms with van der Waals surface area (Å²) in [5, 5.41) is 1.47. The van der Waals surface area contributed by atoms with Crippen molar-refractivity contribution in [3.63, 3.8) is 0 Å². The Bertz CT molecular complexity index is 1390. The van der Waals surface area contributed by atoms with Crippen molar-refractivity contribution in [3.05, 3.63) is 83.0 Å². The average molecular weight is 394 g/mol. The van der Waals surface area contributed by atoms with E-state index in [0.29, 0.717) is 22.4 Å². The number of aromatic nitrogens is 1. The lowest BCUT2D eigenvalue weighted by Gasteiger charge is -2.21. The highest BCUT2D eigenvalue weighted by Gasteiger charge is 2.17. The molecule has 0 bridgehead atoms. The van der Waals surface area contributed by atoms with Crippen molar-refractivity contribution in [2.75, 3.05) is 18.0 Å². The third kappa shape index (κ3) is 3.01. The molecule has 5 rings (SSSR count). The number of anilines is 1. The van der Waals surface area contributed by atoms with E-state index in [1.54, 1.807) is 6.07 Å². The molecule has 3 aromatic carbocycles. The first-order valence-corrected chi connectivity index (χ1v) is 10.3. The van der Waals surface area contributed by atoms with Crippen LogP contribution in [-0.4, -0.2) is 18.1 Å². The van der Waals surface area contributed by atoms with Gasteiger partial charge in [0.1, 0.15) is 11.2 Å². The quantitative estimate of drug-likeness (QED) is 0.279. The number of rotatable bonds is 4. The van der Waals surface area contributed by atoms with Gasteiger partial charge < -0.3 is 9.32 Å². The Morgan fingerprint density at radius 1 is 0.833 bits per heavy atom. The summed E-state index contributed by atoms with van der Waals surface area (Å²) in [7, 11) is 0. The highest BCUT2D eigenvalue weighted by molar-refractivity contribution is 5.99. The van der Waals surface area contributed by atoms with Crippen LogP contribution in [0.4, 0.5) is 5.69 Å². The number of benzene rings is 4. The third-order valence-electron chi connectivity index (χ3n) is 5.67. The first-order chi connectivity index (χ1) is 14.7. The van der Waals surface area contributed by atoms with Gasteiger partial charge in [-0.15, -0.1) is 0 Å². The summed E-state index contributed by atoms with van der Waals surface area (Å²) in [6.45, 7) is 6.09. The molecule has 0 radical (unpaired) electrons. The van der Waals surface area contributed by atoms with Gasteiger partial charge in [0.15, 0.2) is 16.8 Å². The zero-order valence-corrected chi connectivity index (χ0v) is 17.1. The van der Waals surface area contributed by atoms with E-state index in [-0.39, 0.29) is 5.43 Å². The number of hydrogen-bond acceptors (Lipinski definition) is 4. The summed E-state index contributed by atoms with van der Waals surface area (Å²) >= 11 is 0. The smallest absolute Gasteiger partial charge is 0.190 e. The summed E-state index contributed by atoms with van der Waals surface area (Å²) < 4.78 is 6.17. The highest BCUT2D eigenvalue weighted by atomic mass is 16.3. The van der Waals surface area contributed by atoms with Crippen LogP contribution in [0.1, 0.15) is 13.8 Å². The first kappa shape index (κ1) is 18.4. The molecule has 4 nitrogen and oxygen atoms in total. The van der Waals surface area contributed by atoms with Crippen molar-refractivity contribution in [1.29, 1.82) is 0 Å². The molecule has 0 saturated heterocycles. The van der Waals surface area contributed by atoms with Crippen LogP contribution < -0.4 is 10.3 Å². The highest BCUT2D eigenvalue weighted by Crippen LogP contribution is 2.33. The first-order valence-electron chi connectivity index (χ1n) is 10.3. The van der Waals surface area contributed by atoms with Gasteiger partial charge in [-0.05, 0) is 49.2 Å². The lowest BCUT2D eigenvalue weighted by atomic mass is 9.98. The Labute approximate surface area is 174 Å². The van der Waals surface area contributed by atoms with Gasteiger partial charge in [-0.3, -0.25) is 4.79 Å². The molecule has 0 spiro atoms. The van der Waals surface area contributed by atoms with Gasteiger partial charge >= 0.3 is 0 Å². The largest absolute Gasteiger partial charge is 0.453 e. The normalized spacial score (nSPS) is 11.4. The molecular formula is C26H22N2O2. The molecular weight excluding hydrogens is 372 g/mol. The van der Waals surface area contributed by atoms with Gasteiger partial charge in [-0.1, -0.05) is 36.4 Å². The van der Waals surface area contributed by atoms with Crippen LogP contribution >= 0.6 is 0 Å². The van der Waals surface area contributed by atoms with E-state index in [1.807, 2.05) is 48.5 Å². The molecule has 0 N–H and O–H groups in total. The lowest BCUT2D eigenvalue weighted by Crippen LogP contribution is -2.21. The molecule has 0 saturated carbocycles.